The molecule has 25 heavy (non-hydrogen) atoms. The number of hydrogen-bond acceptors (Lipinski definition) is 0. The molecule has 0 bridgehead atoms. The summed E-state index contributed by atoms with van der Waals surface area (Å²) in [5, 5.41) is 9.60. The Labute approximate surface area is 186 Å². The first-order chi connectivity index (χ1) is 11.1. The number of halogens is 1. The van der Waals surface area contributed by atoms with Crippen LogP contribution in [0.2, 0.25) is 13.1 Å². The maximum absolute atomic E-state index is 6.94. The molecule has 2 radical (unpaired) electrons. The van der Waals surface area contributed by atoms with Gasteiger partial charge in [0.15, 0.2) is 0 Å². The Hall–Kier alpha value is 0.290. The van der Waals surface area contributed by atoms with Gasteiger partial charge in [0.25, 0.3) is 0 Å². The molecule has 140 valence electrons. The zero-order valence-electron chi connectivity index (χ0n) is 17.2. The van der Waals surface area contributed by atoms with E-state index in [1.165, 1.54) is 10.8 Å². The minimum Gasteiger partial charge on any atom is -0.673 e. The minimum atomic E-state index is -0.250. The summed E-state index contributed by atoms with van der Waals surface area (Å²) < 4.78 is 1.16. The maximum Gasteiger partial charge on any atom is 4.00 e. The molecule has 0 saturated heterocycles. The molecule has 2 rings (SSSR count). The third kappa shape index (κ3) is 32.4. The zero-order valence-corrected chi connectivity index (χ0v) is 22.3. The predicted octanol–water partition coefficient (Wildman–Crippen LogP) is 7.18. The molecule has 2 aromatic rings. The van der Waals surface area contributed by atoms with Crippen LogP contribution in [0.15, 0.2) is 40.9 Å². The summed E-state index contributed by atoms with van der Waals surface area (Å²) in [5.74, 6) is 0. The van der Waals surface area contributed by atoms with Crippen molar-refractivity contribution in [1.29, 1.82) is 0 Å². The summed E-state index contributed by atoms with van der Waals surface area (Å²) in [4.78, 5) is 0. The van der Waals surface area contributed by atoms with E-state index < -0.39 is 0 Å². The largest absolute Gasteiger partial charge is 4.00 e. The number of benzene rings is 1. The van der Waals surface area contributed by atoms with Gasteiger partial charge in [0, 0.05) is 9.52 Å². The molecular formula is C19H34BrN3SiZr. The molecule has 0 unspecified atom stereocenters. The summed E-state index contributed by atoms with van der Waals surface area (Å²) in [6.45, 7) is 9.87. The first-order valence-electron chi connectivity index (χ1n) is 7.71. The van der Waals surface area contributed by atoms with Crippen LogP contribution in [0.4, 0.5) is 0 Å². The second kappa shape index (κ2) is 22.3. The van der Waals surface area contributed by atoms with Gasteiger partial charge in [-0.1, -0.05) is 60.3 Å². The molecule has 0 saturated carbocycles. The van der Waals surface area contributed by atoms with Gasteiger partial charge in [-0.25, -0.2) is 0 Å². The number of nitrogens with zero attached hydrogens (tertiary/aromatic N) is 2. The first kappa shape index (κ1) is 32.9. The van der Waals surface area contributed by atoms with Crippen LogP contribution >= 0.6 is 15.9 Å². The fraction of sp³-hybridized carbons (Fsp3) is 0.526. The van der Waals surface area contributed by atoms with Crippen molar-refractivity contribution in [2.24, 2.45) is 0 Å². The van der Waals surface area contributed by atoms with Crippen LogP contribution in [-0.4, -0.2) is 43.2 Å². The van der Waals surface area contributed by atoms with Crippen molar-refractivity contribution < 1.29 is 26.2 Å². The molecular weight excluding hydrogens is 469 g/mol. The van der Waals surface area contributed by atoms with Crippen molar-refractivity contribution in [2.45, 2.75) is 39.4 Å². The Morgan fingerprint density at radius 1 is 1.00 bits per heavy atom. The first-order valence-corrected chi connectivity index (χ1v) is 10.5. The smallest absolute Gasteiger partial charge is 0.673 e. The van der Waals surface area contributed by atoms with Gasteiger partial charge in [-0.05, 0) is 0 Å². The molecule has 1 N–H and O–H groups in total. The molecule has 0 aliphatic heterocycles. The van der Waals surface area contributed by atoms with Crippen molar-refractivity contribution in [2.75, 3.05) is 28.2 Å². The van der Waals surface area contributed by atoms with Gasteiger partial charge in [0.05, 0.1) is 0 Å². The van der Waals surface area contributed by atoms with E-state index in [-0.39, 0.29) is 31.7 Å². The fourth-order valence-electron chi connectivity index (χ4n) is 1.11. The summed E-state index contributed by atoms with van der Waals surface area (Å²) in [6, 6.07) is 12.6. The van der Waals surface area contributed by atoms with Crippen molar-refractivity contribution >= 4 is 36.2 Å². The van der Waals surface area contributed by atoms with Gasteiger partial charge in [-0.15, -0.1) is 40.6 Å². The SMILES string of the molecule is Brc1cc2ccccc2[cH-]1.CC(C)(C)[NH-].C[N-]C.C[N-]C.C[Si]C.[Zr+4]. The molecule has 0 atom stereocenters. The predicted molar refractivity (Wildman–Crippen MR) is 119 cm³/mol. The van der Waals surface area contributed by atoms with E-state index in [0.29, 0.717) is 0 Å². The zero-order chi connectivity index (χ0) is 19.6. The maximum atomic E-state index is 6.94. The molecule has 0 fully saturated rings. The third-order valence-corrected chi connectivity index (χ3v) is 2.04. The Morgan fingerprint density at radius 3 is 1.64 bits per heavy atom. The molecule has 6 heteroatoms. The minimum absolute atomic E-state index is 0. The quantitative estimate of drug-likeness (QED) is 0.270. The summed E-state index contributed by atoms with van der Waals surface area (Å²) in [5.41, 5.74) is 6.69. The monoisotopic (exact) mass is 501 g/mol. The van der Waals surface area contributed by atoms with Crippen LogP contribution in [0.5, 0.6) is 0 Å². The summed E-state index contributed by atoms with van der Waals surface area (Å²) >= 11 is 3.42. The van der Waals surface area contributed by atoms with Crippen molar-refractivity contribution in [1.82, 2.24) is 0 Å². The van der Waals surface area contributed by atoms with Crippen molar-refractivity contribution in [3.63, 3.8) is 0 Å². The van der Waals surface area contributed by atoms with Crippen LogP contribution in [0.25, 0.3) is 27.1 Å². The molecule has 2 aromatic carbocycles. The van der Waals surface area contributed by atoms with E-state index >= 15 is 0 Å². The second-order valence-electron chi connectivity index (χ2n) is 5.95. The molecule has 0 heterocycles. The third-order valence-electron chi connectivity index (χ3n) is 1.58. The van der Waals surface area contributed by atoms with Crippen molar-refractivity contribution in [3.05, 3.63) is 57.2 Å². The average Bonchev–Trinajstić information content (AvgIpc) is 2.79. The number of nitrogens with one attached hydrogen (secondary N) is 1. The van der Waals surface area contributed by atoms with Gasteiger partial charge >= 0.3 is 26.2 Å². The van der Waals surface area contributed by atoms with E-state index in [4.69, 9.17) is 5.73 Å². The van der Waals surface area contributed by atoms with E-state index in [1.54, 1.807) is 28.2 Å². The van der Waals surface area contributed by atoms with Crippen molar-refractivity contribution in [3.8, 4) is 0 Å². The van der Waals surface area contributed by atoms with Gasteiger partial charge in [-0.2, -0.15) is 34.3 Å². The molecule has 0 aromatic heterocycles. The van der Waals surface area contributed by atoms with Crippen LogP contribution in [0.1, 0.15) is 20.8 Å². The Bertz CT molecular complexity index is 441. The number of hydrogen-bond donors (Lipinski definition) is 0. The number of fused-ring (bicyclic) bond motifs is 1. The summed E-state index contributed by atoms with van der Waals surface area (Å²) in [7, 11) is 8.08. The van der Waals surface area contributed by atoms with E-state index in [9.17, 15) is 0 Å². The Morgan fingerprint density at radius 2 is 1.32 bits per heavy atom. The standard InChI is InChI=1S/C9H6Br.C4H10N.2C2H6N.C2H6Si.Zr/c10-9-5-7-3-1-2-4-8(7)6-9;1-4(2,3)5;3*1-3-2;/h1-6H;5H,1-3H3;3*1-2H3;/q4*-1;;+4. The normalized spacial score (nSPS) is 8.76. The topological polar surface area (TPSA) is 52.0 Å². The van der Waals surface area contributed by atoms with E-state index in [0.717, 1.165) is 14.0 Å². The second-order valence-corrected chi connectivity index (χ2v) is 7.86. The average molecular weight is 504 g/mol. The van der Waals surface area contributed by atoms with Gasteiger partial charge in [-0.3, -0.25) is 0 Å². The van der Waals surface area contributed by atoms with Crippen LogP contribution in [0.3, 0.4) is 0 Å². The van der Waals surface area contributed by atoms with Gasteiger partial charge < -0.3 is 16.4 Å². The Kier molecular flexibility index (Phi) is 29.4. The van der Waals surface area contributed by atoms with Crippen LogP contribution in [0, 0.1) is 0 Å². The van der Waals surface area contributed by atoms with Crippen LogP contribution in [-0.2, 0) is 26.2 Å². The number of rotatable bonds is 0. The van der Waals surface area contributed by atoms with Crippen LogP contribution < -0.4 is 0 Å². The van der Waals surface area contributed by atoms with E-state index in [1.807, 2.05) is 20.8 Å². The fourth-order valence-corrected chi connectivity index (χ4v) is 1.61. The molecule has 3 nitrogen and oxygen atoms in total. The molecule has 0 amide bonds. The molecule has 0 aliphatic rings. The van der Waals surface area contributed by atoms with Gasteiger partial charge in [0.2, 0.25) is 0 Å². The molecule has 0 spiro atoms. The van der Waals surface area contributed by atoms with E-state index in [2.05, 4.69) is 76.1 Å². The van der Waals surface area contributed by atoms with Gasteiger partial charge in [0.1, 0.15) is 0 Å². The Balaban J connectivity index is -0.000000127. The summed E-state index contributed by atoms with van der Waals surface area (Å²) in [6.07, 6.45) is 0. The molecule has 0 aliphatic carbocycles.